The van der Waals surface area contributed by atoms with Crippen LogP contribution in [0.1, 0.15) is 26.7 Å². The highest BCUT2D eigenvalue weighted by atomic mass is 32.2. The molecular weight excluding hydrogens is 194 g/mol. The summed E-state index contributed by atoms with van der Waals surface area (Å²) in [6.45, 7) is 8.35. The molecule has 2 nitrogen and oxygen atoms in total. The molecule has 1 fully saturated rings. The number of nitrogens with zero attached hydrogens (tertiary/aromatic N) is 1. The quantitative estimate of drug-likeness (QED) is 0.715. The Kier molecular flexibility index (Phi) is 5.41. The minimum Gasteiger partial charge on any atom is -0.378 e. The lowest BCUT2D eigenvalue weighted by atomic mass is 10.2. The summed E-state index contributed by atoms with van der Waals surface area (Å²) in [5.41, 5.74) is 1.53. The highest BCUT2D eigenvalue weighted by molar-refractivity contribution is 8.02. The summed E-state index contributed by atoms with van der Waals surface area (Å²) < 4.78 is 5.36. The van der Waals surface area contributed by atoms with Gasteiger partial charge in [-0.1, -0.05) is 13.3 Å². The van der Waals surface area contributed by atoms with Crippen LogP contribution in [-0.2, 0) is 4.74 Å². The zero-order valence-corrected chi connectivity index (χ0v) is 10.3. The van der Waals surface area contributed by atoms with Crippen LogP contribution in [0, 0.1) is 0 Å². The van der Waals surface area contributed by atoms with Crippen LogP contribution in [0.25, 0.3) is 0 Å². The number of hydrogen-bond acceptors (Lipinski definition) is 3. The fourth-order valence-corrected chi connectivity index (χ4v) is 2.71. The summed E-state index contributed by atoms with van der Waals surface area (Å²) in [5, 5.41) is 1.47. The Hall–Kier alpha value is -0.150. The molecule has 0 N–H and O–H groups in total. The molecule has 1 aliphatic heterocycles. The van der Waals surface area contributed by atoms with Crippen molar-refractivity contribution in [3.05, 3.63) is 10.6 Å². The summed E-state index contributed by atoms with van der Waals surface area (Å²) in [7, 11) is 0. The Morgan fingerprint density at radius 2 is 2.00 bits per heavy atom. The van der Waals surface area contributed by atoms with E-state index < -0.39 is 0 Å². The Balaban J connectivity index is 2.62. The van der Waals surface area contributed by atoms with E-state index in [2.05, 4.69) is 25.0 Å². The van der Waals surface area contributed by atoms with Crippen molar-refractivity contribution < 1.29 is 4.74 Å². The fourth-order valence-electron chi connectivity index (χ4n) is 1.82. The first-order valence-corrected chi connectivity index (χ1v) is 6.58. The Labute approximate surface area is 91.7 Å². The minimum absolute atomic E-state index is 0.878. The average Bonchev–Trinajstić information content (AvgIpc) is 2.21. The van der Waals surface area contributed by atoms with Gasteiger partial charge in [-0.15, -0.1) is 11.8 Å². The SMILES string of the molecule is CCC/C(C)=C(/SC)N1CCOCC1. The molecule has 14 heavy (non-hydrogen) atoms. The lowest BCUT2D eigenvalue weighted by Gasteiger charge is -2.31. The molecule has 1 rings (SSSR count). The maximum atomic E-state index is 5.36. The van der Waals surface area contributed by atoms with Crippen LogP contribution in [0.15, 0.2) is 10.6 Å². The second-order valence-electron chi connectivity index (χ2n) is 3.64. The Bertz CT molecular complexity index is 197. The van der Waals surface area contributed by atoms with Crippen molar-refractivity contribution >= 4 is 11.8 Å². The number of ether oxygens (including phenoxy) is 1. The van der Waals surface area contributed by atoms with E-state index in [-0.39, 0.29) is 0 Å². The number of allylic oxidation sites excluding steroid dienone is 1. The van der Waals surface area contributed by atoms with E-state index in [4.69, 9.17) is 4.74 Å². The summed E-state index contributed by atoms with van der Waals surface area (Å²) in [6, 6.07) is 0. The third-order valence-corrected chi connectivity index (χ3v) is 3.48. The van der Waals surface area contributed by atoms with Crippen LogP contribution in [0.2, 0.25) is 0 Å². The molecule has 1 saturated heterocycles. The van der Waals surface area contributed by atoms with Gasteiger partial charge in [0, 0.05) is 13.1 Å². The third-order valence-electron chi connectivity index (χ3n) is 2.48. The van der Waals surface area contributed by atoms with Gasteiger partial charge in [0.1, 0.15) is 0 Å². The Morgan fingerprint density at radius 3 is 2.50 bits per heavy atom. The van der Waals surface area contributed by atoms with Gasteiger partial charge in [-0.3, -0.25) is 0 Å². The van der Waals surface area contributed by atoms with Crippen LogP contribution in [0.3, 0.4) is 0 Å². The molecule has 1 heterocycles. The first-order chi connectivity index (χ1) is 6.79. The molecule has 0 atom stereocenters. The van der Waals surface area contributed by atoms with E-state index >= 15 is 0 Å². The molecule has 0 radical (unpaired) electrons. The number of morpholine rings is 1. The van der Waals surface area contributed by atoms with Gasteiger partial charge in [0.2, 0.25) is 0 Å². The van der Waals surface area contributed by atoms with E-state index in [0.29, 0.717) is 0 Å². The standard InChI is InChI=1S/C11H21NOS/c1-4-5-10(2)11(14-3)12-6-8-13-9-7-12/h4-9H2,1-3H3/b11-10+. The van der Waals surface area contributed by atoms with Crippen LogP contribution < -0.4 is 0 Å². The summed E-state index contributed by atoms with van der Waals surface area (Å²) in [4.78, 5) is 2.46. The van der Waals surface area contributed by atoms with Gasteiger partial charge >= 0.3 is 0 Å². The minimum atomic E-state index is 0.878. The molecule has 0 unspecified atom stereocenters. The average molecular weight is 215 g/mol. The van der Waals surface area contributed by atoms with Crippen LogP contribution >= 0.6 is 11.8 Å². The number of thioether (sulfide) groups is 1. The van der Waals surface area contributed by atoms with Crippen molar-refractivity contribution in [3.63, 3.8) is 0 Å². The van der Waals surface area contributed by atoms with Gasteiger partial charge in [-0.2, -0.15) is 0 Å². The lowest BCUT2D eigenvalue weighted by molar-refractivity contribution is 0.0572. The highest BCUT2D eigenvalue weighted by Crippen LogP contribution is 2.24. The molecule has 0 aromatic carbocycles. The summed E-state index contributed by atoms with van der Waals surface area (Å²) in [5.74, 6) is 0. The van der Waals surface area contributed by atoms with Crippen LogP contribution in [-0.4, -0.2) is 37.5 Å². The third kappa shape index (κ3) is 3.21. The Morgan fingerprint density at radius 1 is 1.36 bits per heavy atom. The second kappa shape index (κ2) is 6.36. The van der Waals surface area contributed by atoms with Gasteiger partial charge in [0.25, 0.3) is 0 Å². The first-order valence-electron chi connectivity index (χ1n) is 5.36. The topological polar surface area (TPSA) is 12.5 Å². The van der Waals surface area contributed by atoms with Crippen LogP contribution in [0.5, 0.6) is 0 Å². The molecule has 1 aliphatic rings. The van der Waals surface area contributed by atoms with E-state index in [1.165, 1.54) is 23.4 Å². The van der Waals surface area contributed by atoms with Gasteiger partial charge in [0.15, 0.2) is 0 Å². The second-order valence-corrected chi connectivity index (χ2v) is 4.43. The first kappa shape index (κ1) is 11.9. The zero-order chi connectivity index (χ0) is 10.4. The smallest absolute Gasteiger partial charge is 0.0695 e. The van der Waals surface area contributed by atoms with Gasteiger partial charge < -0.3 is 9.64 Å². The van der Waals surface area contributed by atoms with Gasteiger partial charge in [0.05, 0.1) is 18.2 Å². The predicted octanol–water partition coefficient (Wildman–Crippen LogP) is 2.71. The largest absolute Gasteiger partial charge is 0.378 e. The van der Waals surface area contributed by atoms with E-state index in [9.17, 15) is 0 Å². The molecule has 0 aliphatic carbocycles. The van der Waals surface area contributed by atoms with E-state index in [1.54, 1.807) is 0 Å². The van der Waals surface area contributed by atoms with Gasteiger partial charge in [-0.25, -0.2) is 0 Å². The van der Waals surface area contributed by atoms with Crippen molar-refractivity contribution in [2.24, 2.45) is 0 Å². The molecule has 3 heteroatoms. The van der Waals surface area contributed by atoms with Crippen molar-refractivity contribution in [1.82, 2.24) is 4.90 Å². The fraction of sp³-hybridized carbons (Fsp3) is 0.818. The molecule has 0 aromatic heterocycles. The highest BCUT2D eigenvalue weighted by Gasteiger charge is 2.14. The molecule has 0 aromatic rings. The lowest BCUT2D eigenvalue weighted by Crippen LogP contribution is -2.35. The van der Waals surface area contributed by atoms with E-state index in [1.807, 2.05) is 11.8 Å². The molecule has 0 bridgehead atoms. The molecule has 0 amide bonds. The zero-order valence-electron chi connectivity index (χ0n) is 9.51. The van der Waals surface area contributed by atoms with Crippen molar-refractivity contribution in [2.45, 2.75) is 26.7 Å². The molecule has 82 valence electrons. The maximum absolute atomic E-state index is 5.36. The number of hydrogen-bond donors (Lipinski definition) is 0. The monoisotopic (exact) mass is 215 g/mol. The summed E-state index contributed by atoms with van der Waals surface area (Å²) >= 11 is 1.87. The normalized spacial score (nSPS) is 19.5. The predicted molar refractivity (Wildman–Crippen MR) is 63.5 cm³/mol. The van der Waals surface area contributed by atoms with Crippen LogP contribution in [0.4, 0.5) is 0 Å². The van der Waals surface area contributed by atoms with E-state index in [0.717, 1.165) is 26.3 Å². The molecule has 0 saturated carbocycles. The van der Waals surface area contributed by atoms with Crippen molar-refractivity contribution in [1.29, 1.82) is 0 Å². The summed E-state index contributed by atoms with van der Waals surface area (Å²) in [6.07, 6.45) is 4.62. The maximum Gasteiger partial charge on any atom is 0.0695 e. The van der Waals surface area contributed by atoms with Crippen molar-refractivity contribution in [3.8, 4) is 0 Å². The molecular formula is C11H21NOS. The number of rotatable bonds is 4. The van der Waals surface area contributed by atoms with Crippen molar-refractivity contribution in [2.75, 3.05) is 32.6 Å². The molecule has 0 spiro atoms. The van der Waals surface area contributed by atoms with Gasteiger partial charge in [-0.05, 0) is 25.2 Å².